The number of hydrogen-bond acceptors (Lipinski definition) is 5. The average molecular weight is 473 g/mol. The Morgan fingerprint density at radius 1 is 1.15 bits per heavy atom. The van der Waals surface area contributed by atoms with Crippen LogP contribution in [0.4, 0.5) is 0 Å². The second-order valence-electron chi connectivity index (χ2n) is 9.02. The van der Waals surface area contributed by atoms with Crippen molar-refractivity contribution in [3.63, 3.8) is 0 Å². The lowest BCUT2D eigenvalue weighted by Crippen LogP contribution is -2.50. The molecule has 188 valence electrons. The van der Waals surface area contributed by atoms with Crippen LogP contribution in [0, 0.1) is 5.92 Å². The van der Waals surface area contributed by atoms with E-state index >= 15 is 0 Å². The summed E-state index contributed by atoms with van der Waals surface area (Å²) >= 11 is 0. The van der Waals surface area contributed by atoms with Gasteiger partial charge in [-0.2, -0.15) is 0 Å². The number of rotatable bonds is 17. The minimum Gasteiger partial charge on any atom is -0.463 e. The molecule has 1 atom stereocenters. The molecule has 1 aromatic carbocycles. The first kappa shape index (κ1) is 29.1. The molecule has 0 heterocycles. The van der Waals surface area contributed by atoms with Gasteiger partial charge in [0.2, 0.25) is 11.8 Å². The summed E-state index contributed by atoms with van der Waals surface area (Å²) in [6.07, 6.45) is 6.55. The van der Waals surface area contributed by atoms with Crippen molar-refractivity contribution in [2.45, 2.75) is 64.5 Å². The second-order valence-corrected chi connectivity index (χ2v) is 9.02. The van der Waals surface area contributed by atoms with Crippen LogP contribution in [0.25, 0.3) is 0 Å². The zero-order valence-electron chi connectivity index (χ0n) is 20.6. The lowest BCUT2D eigenvalue weighted by molar-refractivity contribution is -0.147. The number of esters is 1. The fourth-order valence-corrected chi connectivity index (χ4v) is 3.40. The van der Waals surface area contributed by atoms with Crippen LogP contribution in [0.3, 0.4) is 0 Å². The van der Waals surface area contributed by atoms with Gasteiger partial charge in [0.05, 0.1) is 18.1 Å². The molecule has 0 aliphatic carbocycles. The molecule has 0 bridgehead atoms. The Morgan fingerprint density at radius 2 is 1.85 bits per heavy atom. The third-order valence-electron chi connectivity index (χ3n) is 5.28. The highest BCUT2D eigenvalue weighted by atomic mass is 16.5. The molecule has 2 amide bonds. The Balaban J connectivity index is 2.67. The molecule has 34 heavy (non-hydrogen) atoms. The van der Waals surface area contributed by atoms with Gasteiger partial charge in [-0.15, -0.1) is 13.2 Å². The highest BCUT2D eigenvalue weighted by molar-refractivity contribution is 5.86. The predicted octanol–water partition coefficient (Wildman–Crippen LogP) is 3.77. The third-order valence-corrected chi connectivity index (χ3v) is 5.28. The summed E-state index contributed by atoms with van der Waals surface area (Å²) in [5, 5.41) is 12.3. The lowest BCUT2D eigenvalue weighted by atomic mass is 9.97. The third kappa shape index (κ3) is 11.8. The Kier molecular flexibility index (Phi) is 13.5. The zero-order valence-corrected chi connectivity index (χ0v) is 20.6. The number of aliphatic hydroxyl groups excluding tert-OH is 1. The molecular weight excluding hydrogens is 432 g/mol. The van der Waals surface area contributed by atoms with E-state index in [2.05, 4.69) is 18.5 Å². The number of carbonyl (C=O) groups excluding carboxylic acids is 3. The van der Waals surface area contributed by atoms with Crippen LogP contribution in [0.2, 0.25) is 0 Å². The Labute approximate surface area is 203 Å². The van der Waals surface area contributed by atoms with E-state index in [9.17, 15) is 19.5 Å². The number of hydrogen-bond donors (Lipinski definition) is 2. The maximum absolute atomic E-state index is 13.0. The first-order valence-electron chi connectivity index (χ1n) is 11.8. The molecule has 2 N–H and O–H groups in total. The first-order valence-corrected chi connectivity index (χ1v) is 11.8. The number of nitrogens with zero attached hydrogens (tertiary/aromatic N) is 1. The van der Waals surface area contributed by atoms with Gasteiger partial charge in [-0.1, -0.05) is 42.5 Å². The zero-order chi connectivity index (χ0) is 25.4. The predicted molar refractivity (Wildman–Crippen MR) is 134 cm³/mol. The van der Waals surface area contributed by atoms with Crippen LogP contribution in [0.5, 0.6) is 0 Å². The molecular formula is C27H40N2O5. The van der Waals surface area contributed by atoms with Crippen LogP contribution in [0.1, 0.15) is 57.9 Å². The second kappa shape index (κ2) is 15.8. The van der Waals surface area contributed by atoms with E-state index in [0.717, 1.165) is 24.8 Å². The molecule has 0 radical (unpaired) electrons. The summed E-state index contributed by atoms with van der Waals surface area (Å²) in [6.45, 7) is 11.3. The van der Waals surface area contributed by atoms with Gasteiger partial charge in [-0.3, -0.25) is 14.4 Å². The molecule has 1 rings (SSSR count). The molecule has 7 nitrogen and oxygen atoms in total. The molecule has 0 fully saturated rings. The quantitative estimate of drug-likeness (QED) is 0.204. The maximum Gasteiger partial charge on any atom is 0.305 e. The van der Waals surface area contributed by atoms with E-state index in [4.69, 9.17) is 4.74 Å². The van der Waals surface area contributed by atoms with Gasteiger partial charge >= 0.3 is 5.97 Å². The van der Waals surface area contributed by atoms with E-state index in [1.54, 1.807) is 24.8 Å². The van der Waals surface area contributed by atoms with Gasteiger partial charge in [0.1, 0.15) is 6.61 Å². The minimum absolute atomic E-state index is 0.0101. The van der Waals surface area contributed by atoms with Gasteiger partial charge in [-0.25, -0.2) is 0 Å². The number of amides is 2. The topological polar surface area (TPSA) is 95.9 Å². The highest BCUT2D eigenvalue weighted by Gasteiger charge is 2.29. The molecule has 0 aliphatic rings. The standard InChI is InChI=1S/C27H40N2O5/c1-5-7-8-12-16-25(32)34-21-27(3,4)28-26(33)23(13-6-2)19-24(31)29(17-18-30)20-22-14-10-9-11-15-22/h5-6,9-11,14-15,23,30H,1-2,7-8,12-13,16-21H2,3-4H3,(H,28,33). The van der Waals surface area contributed by atoms with Gasteiger partial charge in [0.25, 0.3) is 0 Å². The van der Waals surface area contributed by atoms with Crippen molar-refractivity contribution >= 4 is 17.8 Å². The van der Waals surface area contributed by atoms with E-state index in [0.29, 0.717) is 19.4 Å². The van der Waals surface area contributed by atoms with Crippen LogP contribution in [-0.2, 0) is 25.7 Å². The number of aliphatic hydroxyl groups is 1. The number of ether oxygens (including phenoxy) is 1. The van der Waals surface area contributed by atoms with Gasteiger partial charge < -0.3 is 20.1 Å². The molecule has 7 heteroatoms. The monoisotopic (exact) mass is 472 g/mol. The summed E-state index contributed by atoms with van der Waals surface area (Å²) in [6, 6.07) is 9.50. The fourth-order valence-electron chi connectivity index (χ4n) is 3.40. The summed E-state index contributed by atoms with van der Waals surface area (Å²) in [5.41, 5.74) is 0.159. The SMILES string of the molecule is C=CCCCCC(=O)OCC(C)(C)NC(=O)C(CC=C)CC(=O)N(CCO)Cc1ccccc1. The maximum atomic E-state index is 13.0. The number of benzene rings is 1. The van der Waals surface area contributed by atoms with Crippen molar-refractivity contribution in [1.29, 1.82) is 0 Å². The van der Waals surface area contributed by atoms with Crippen molar-refractivity contribution in [1.82, 2.24) is 10.2 Å². The minimum atomic E-state index is -0.787. The Morgan fingerprint density at radius 3 is 2.47 bits per heavy atom. The van der Waals surface area contributed by atoms with Crippen LogP contribution in [-0.4, -0.2) is 53.1 Å². The number of allylic oxidation sites excluding steroid dienone is 2. The average Bonchev–Trinajstić information content (AvgIpc) is 2.80. The van der Waals surface area contributed by atoms with Crippen LogP contribution < -0.4 is 5.32 Å². The van der Waals surface area contributed by atoms with E-state index in [-0.39, 0.29) is 44.0 Å². The van der Waals surface area contributed by atoms with Crippen molar-refractivity contribution in [3.8, 4) is 0 Å². The van der Waals surface area contributed by atoms with E-state index in [1.807, 2.05) is 36.4 Å². The van der Waals surface area contributed by atoms with Crippen LogP contribution in [0.15, 0.2) is 55.6 Å². The van der Waals surface area contributed by atoms with Gasteiger partial charge in [0, 0.05) is 25.9 Å². The molecule has 0 saturated carbocycles. The van der Waals surface area contributed by atoms with Crippen molar-refractivity contribution < 1.29 is 24.2 Å². The molecule has 0 aliphatic heterocycles. The molecule has 1 unspecified atom stereocenters. The number of carbonyl (C=O) groups is 3. The van der Waals surface area contributed by atoms with E-state index in [1.165, 1.54) is 0 Å². The molecule has 0 aromatic heterocycles. The molecule has 0 saturated heterocycles. The summed E-state index contributed by atoms with van der Waals surface area (Å²) < 4.78 is 5.34. The van der Waals surface area contributed by atoms with Crippen molar-refractivity contribution in [3.05, 3.63) is 61.2 Å². The van der Waals surface area contributed by atoms with Gasteiger partial charge in [0.15, 0.2) is 0 Å². The van der Waals surface area contributed by atoms with E-state index < -0.39 is 11.5 Å². The number of unbranched alkanes of at least 4 members (excludes halogenated alkanes) is 2. The highest BCUT2D eigenvalue weighted by Crippen LogP contribution is 2.16. The van der Waals surface area contributed by atoms with Crippen LogP contribution >= 0.6 is 0 Å². The summed E-state index contributed by atoms with van der Waals surface area (Å²) in [5.74, 6) is -1.44. The normalized spacial score (nSPS) is 11.9. The van der Waals surface area contributed by atoms with Crippen molar-refractivity contribution in [2.75, 3.05) is 19.8 Å². The smallest absolute Gasteiger partial charge is 0.305 e. The molecule has 1 aromatic rings. The summed E-state index contributed by atoms with van der Waals surface area (Å²) in [4.78, 5) is 39.5. The summed E-state index contributed by atoms with van der Waals surface area (Å²) in [7, 11) is 0. The number of nitrogens with one attached hydrogen (secondary N) is 1. The molecule has 0 spiro atoms. The fraction of sp³-hybridized carbons (Fsp3) is 0.519. The Bertz CT molecular complexity index is 791. The first-order chi connectivity index (χ1) is 16.2. The van der Waals surface area contributed by atoms with Crippen molar-refractivity contribution in [2.24, 2.45) is 5.92 Å². The lowest BCUT2D eigenvalue weighted by Gasteiger charge is -2.29. The Hall–Kier alpha value is -2.93. The van der Waals surface area contributed by atoms with Gasteiger partial charge in [-0.05, 0) is 45.1 Å². The largest absolute Gasteiger partial charge is 0.463 e.